The molecule has 0 spiro atoms. The molecule has 0 aliphatic rings. The van der Waals surface area contributed by atoms with Crippen molar-refractivity contribution in [2.75, 3.05) is 0 Å². The molecule has 16 heteroatoms. The molecular formula is C6H3FeNa3O12. The van der Waals surface area contributed by atoms with Crippen molar-refractivity contribution in [3.05, 3.63) is 0 Å². The maximum absolute atomic E-state index is 9.04. The SMILES string of the molecule is O=C([O-])C(=O)O.O=C([O-])C(=O)O.O=C([O-])C(=O)O.[Fe].[Na+].[Na+].[Na+]. The van der Waals surface area contributed by atoms with Crippen molar-refractivity contribution in [3.8, 4) is 0 Å². The first-order valence-corrected chi connectivity index (χ1v) is 3.26. The molecule has 0 saturated heterocycles. The number of carbonyl (C=O) groups excluding carboxylic acids is 3. The van der Waals surface area contributed by atoms with E-state index in [4.69, 9.17) is 59.4 Å². The fourth-order valence-electron chi connectivity index (χ4n) is 0. The van der Waals surface area contributed by atoms with Crippen LogP contribution < -0.4 is 104 Å². The predicted octanol–water partition coefficient (Wildman–Crippen LogP) is -15.5. The van der Waals surface area contributed by atoms with Gasteiger partial charge in [-0.25, -0.2) is 14.4 Å². The molecule has 0 saturated carbocycles. The van der Waals surface area contributed by atoms with Crippen molar-refractivity contribution >= 4 is 35.8 Å². The summed E-state index contributed by atoms with van der Waals surface area (Å²) >= 11 is 0. The van der Waals surface area contributed by atoms with Crippen LogP contribution in [-0.4, -0.2) is 51.1 Å². The molecule has 0 heterocycles. The molecule has 0 bridgehead atoms. The zero-order valence-electron chi connectivity index (χ0n) is 11.4. The monoisotopic (exact) mass is 392 g/mol. The van der Waals surface area contributed by atoms with Crippen LogP contribution in [0.2, 0.25) is 0 Å². The topological polar surface area (TPSA) is 232 Å². The van der Waals surface area contributed by atoms with Gasteiger partial charge in [-0.3, -0.25) is 0 Å². The summed E-state index contributed by atoms with van der Waals surface area (Å²) in [5, 5.41) is 49.0. The van der Waals surface area contributed by atoms with Gasteiger partial charge < -0.3 is 45.0 Å². The number of carboxylic acid groups (broad SMARTS) is 6. The third-order valence-corrected chi connectivity index (χ3v) is 0.524. The van der Waals surface area contributed by atoms with E-state index < -0.39 is 35.8 Å². The fourth-order valence-corrected chi connectivity index (χ4v) is 0. The van der Waals surface area contributed by atoms with Crippen LogP contribution in [0.4, 0.5) is 0 Å². The zero-order valence-corrected chi connectivity index (χ0v) is 18.5. The van der Waals surface area contributed by atoms with Gasteiger partial charge in [0, 0.05) is 17.1 Å². The maximum atomic E-state index is 9.04. The number of hydrogen-bond donors (Lipinski definition) is 3. The van der Waals surface area contributed by atoms with Crippen molar-refractivity contribution < 1.29 is 165 Å². The van der Waals surface area contributed by atoms with E-state index in [1.54, 1.807) is 0 Å². The van der Waals surface area contributed by atoms with E-state index in [1.807, 2.05) is 0 Å². The first-order chi connectivity index (χ1) is 7.93. The first kappa shape index (κ1) is 43.2. The quantitative estimate of drug-likeness (QED) is 0.258. The number of rotatable bonds is 0. The third-order valence-electron chi connectivity index (χ3n) is 0.524. The Bertz CT molecular complexity index is 290. The van der Waals surface area contributed by atoms with Crippen LogP contribution in [-0.2, 0) is 45.8 Å². The van der Waals surface area contributed by atoms with Gasteiger partial charge in [-0.05, 0) is 0 Å². The summed E-state index contributed by atoms with van der Waals surface area (Å²) in [6.07, 6.45) is 0. The van der Waals surface area contributed by atoms with Gasteiger partial charge in [0.15, 0.2) is 17.9 Å². The summed E-state index contributed by atoms with van der Waals surface area (Å²) in [4.78, 5) is 54.1. The largest absolute Gasteiger partial charge is 1.00 e. The van der Waals surface area contributed by atoms with Crippen molar-refractivity contribution in [1.29, 1.82) is 0 Å². The Morgan fingerprint density at radius 1 is 0.500 bits per heavy atom. The summed E-state index contributed by atoms with van der Waals surface area (Å²) < 4.78 is 0. The molecule has 0 unspecified atom stereocenters. The van der Waals surface area contributed by atoms with Gasteiger partial charge in [-0.15, -0.1) is 0 Å². The van der Waals surface area contributed by atoms with E-state index in [2.05, 4.69) is 0 Å². The summed E-state index contributed by atoms with van der Waals surface area (Å²) in [5.41, 5.74) is 0. The molecule has 0 aliphatic carbocycles. The molecule has 110 valence electrons. The van der Waals surface area contributed by atoms with Crippen LogP contribution >= 0.6 is 0 Å². The van der Waals surface area contributed by atoms with Gasteiger partial charge in [0.1, 0.15) is 0 Å². The zero-order chi connectivity index (χ0) is 15.5. The molecule has 3 N–H and O–H groups in total. The predicted molar refractivity (Wildman–Crippen MR) is 37.9 cm³/mol. The Morgan fingerprint density at radius 3 is 0.545 bits per heavy atom. The molecular weight excluding hydrogens is 389 g/mol. The van der Waals surface area contributed by atoms with E-state index in [-0.39, 0.29) is 106 Å². The van der Waals surface area contributed by atoms with Gasteiger partial charge in [-0.1, -0.05) is 0 Å². The van der Waals surface area contributed by atoms with E-state index in [0.717, 1.165) is 0 Å². The van der Waals surface area contributed by atoms with Gasteiger partial charge in [-0.2, -0.15) is 0 Å². The number of carbonyl (C=O) groups is 6. The van der Waals surface area contributed by atoms with Crippen LogP contribution in [0, 0.1) is 0 Å². The Hall–Kier alpha value is 0.339. The van der Waals surface area contributed by atoms with E-state index in [0.29, 0.717) is 0 Å². The van der Waals surface area contributed by atoms with E-state index >= 15 is 0 Å². The van der Waals surface area contributed by atoms with Crippen LogP contribution in [0.5, 0.6) is 0 Å². The van der Waals surface area contributed by atoms with Crippen molar-refractivity contribution in [2.45, 2.75) is 0 Å². The second-order valence-corrected chi connectivity index (χ2v) is 1.78. The Balaban J connectivity index is -0.0000000281. The third kappa shape index (κ3) is 50.0. The maximum Gasteiger partial charge on any atom is 1.00 e. The number of hydrogen-bond acceptors (Lipinski definition) is 9. The van der Waals surface area contributed by atoms with Crippen LogP contribution in [0.15, 0.2) is 0 Å². The second-order valence-electron chi connectivity index (χ2n) is 1.78. The summed E-state index contributed by atoms with van der Waals surface area (Å²) in [6, 6.07) is 0. The minimum atomic E-state index is -2.07. The van der Waals surface area contributed by atoms with Gasteiger partial charge in [0.05, 0.1) is 0 Å². The molecule has 22 heavy (non-hydrogen) atoms. The van der Waals surface area contributed by atoms with Crippen molar-refractivity contribution in [1.82, 2.24) is 0 Å². The number of aliphatic carboxylic acids is 6. The molecule has 0 aliphatic heterocycles. The van der Waals surface area contributed by atoms with Crippen molar-refractivity contribution in [2.24, 2.45) is 0 Å². The molecule has 0 rings (SSSR count). The Labute approximate surface area is 198 Å². The smallest absolute Gasteiger partial charge is 0.539 e. The Morgan fingerprint density at radius 2 is 0.545 bits per heavy atom. The van der Waals surface area contributed by atoms with E-state index in [1.165, 1.54) is 0 Å². The average molecular weight is 392 g/mol. The molecule has 0 radical (unpaired) electrons. The number of carboxylic acids is 6. The molecule has 0 atom stereocenters. The fraction of sp³-hybridized carbons (Fsp3) is 0. The van der Waals surface area contributed by atoms with Crippen molar-refractivity contribution in [3.63, 3.8) is 0 Å². The summed E-state index contributed by atoms with van der Waals surface area (Å²) in [5.74, 6) is -12.0. The molecule has 0 fully saturated rings. The molecule has 0 aromatic heterocycles. The van der Waals surface area contributed by atoms with Crippen LogP contribution in [0.25, 0.3) is 0 Å². The van der Waals surface area contributed by atoms with Gasteiger partial charge in [0.2, 0.25) is 0 Å². The average Bonchev–Trinajstić information content (AvgIpc) is 2.18. The Kier molecular flexibility index (Phi) is 51.6. The first-order valence-electron chi connectivity index (χ1n) is 3.26. The second kappa shape index (κ2) is 26.2. The van der Waals surface area contributed by atoms with E-state index in [9.17, 15) is 0 Å². The van der Waals surface area contributed by atoms with Crippen LogP contribution in [0.1, 0.15) is 0 Å². The van der Waals surface area contributed by atoms with Crippen LogP contribution in [0.3, 0.4) is 0 Å². The minimum absolute atomic E-state index is 0. The molecule has 0 aromatic rings. The van der Waals surface area contributed by atoms with Gasteiger partial charge in [0.25, 0.3) is 0 Å². The molecule has 12 nitrogen and oxygen atoms in total. The normalized spacial score (nSPS) is 6.00. The van der Waals surface area contributed by atoms with Gasteiger partial charge >= 0.3 is 107 Å². The minimum Gasteiger partial charge on any atom is -0.539 e. The summed E-state index contributed by atoms with van der Waals surface area (Å²) in [6.45, 7) is 0. The molecule has 0 amide bonds. The molecule has 0 aromatic carbocycles. The summed E-state index contributed by atoms with van der Waals surface area (Å²) in [7, 11) is 0. The standard InChI is InChI=1S/3C2H2O4.Fe.3Na/c3*3-1(4)2(5)6;;;;/h3*(H,3,4)(H,5,6);;;;/q;;;;3*+1/p-3.